The molecule has 3 N–H and O–H groups in total. The van der Waals surface area contributed by atoms with Gasteiger partial charge in [-0.3, -0.25) is 9.59 Å². The van der Waals surface area contributed by atoms with Gasteiger partial charge in [0.15, 0.2) is 5.78 Å². The number of benzene rings is 2. The minimum Gasteiger partial charge on any atom is -0.330 e. The van der Waals surface area contributed by atoms with Crippen LogP contribution in [0.5, 0.6) is 0 Å². The summed E-state index contributed by atoms with van der Waals surface area (Å²) in [6, 6.07) is 14.6. The maximum absolute atomic E-state index is 12.5. The van der Waals surface area contributed by atoms with Gasteiger partial charge in [0.2, 0.25) is 5.91 Å². The van der Waals surface area contributed by atoms with Crippen molar-refractivity contribution >= 4 is 23.2 Å². The van der Waals surface area contributed by atoms with Crippen LogP contribution in [0.1, 0.15) is 27.9 Å². The van der Waals surface area contributed by atoms with Crippen LogP contribution in [0.4, 0.5) is 5.69 Å². The molecule has 1 heterocycles. The molecule has 2 aromatic rings. The standard InChI is InChI=1S/C18H17N3O2/c19-9-8-17(22)21-16-11-14-10-13(6-7-15(14)20-16)18(23)12-4-2-1-3-5-12/h1-7,10H,8-9,11,19H2,(H,20,21,22). The Morgan fingerprint density at radius 2 is 1.87 bits per heavy atom. The van der Waals surface area contributed by atoms with Crippen molar-refractivity contribution in [3.63, 3.8) is 0 Å². The summed E-state index contributed by atoms with van der Waals surface area (Å²) in [7, 11) is 0. The molecule has 5 nitrogen and oxygen atoms in total. The highest BCUT2D eigenvalue weighted by Gasteiger charge is 2.18. The van der Waals surface area contributed by atoms with Crippen LogP contribution in [-0.2, 0) is 11.2 Å². The lowest BCUT2D eigenvalue weighted by Crippen LogP contribution is -2.31. The Labute approximate surface area is 134 Å². The van der Waals surface area contributed by atoms with Crippen molar-refractivity contribution in [2.24, 2.45) is 10.7 Å². The first-order valence-electron chi connectivity index (χ1n) is 7.47. The zero-order valence-electron chi connectivity index (χ0n) is 12.6. The molecule has 23 heavy (non-hydrogen) atoms. The van der Waals surface area contributed by atoms with Gasteiger partial charge in [0.1, 0.15) is 5.84 Å². The predicted molar refractivity (Wildman–Crippen MR) is 88.9 cm³/mol. The van der Waals surface area contributed by atoms with Crippen LogP contribution in [0.2, 0.25) is 0 Å². The second-order valence-electron chi connectivity index (χ2n) is 5.36. The van der Waals surface area contributed by atoms with Crippen LogP contribution in [-0.4, -0.2) is 24.1 Å². The molecule has 116 valence electrons. The Bertz CT molecular complexity index is 782. The molecule has 0 aliphatic carbocycles. The van der Waals surface area contributed by atoms with Crippen molar-refractivity contribution < 1.29 is 9.59 Å². The fraction of sp³-hybridized carbons (Fsp3) is 0.167. The minimum atomic E-state index is -0.139. The van der Waals surface area contributed by atoms with E-state index in [-0.39, 0.29) is 18.1 Å². The number of amidine groups is 1. The topological polar surface area (TPSA) is 84.6 Å². The van der Waals surface area contributed by atoms with Crippen molar-refractivity contribution in [3.8, 4) is 0 Å². The molecule has 0 radical (unpaired) electrons. The van der Waals surface area contributed by atoms with Gasteiger partial charge in [-0.15, -0.1) is 0 Å². The van der Waals surface area contributed by atoms with Crippen LogP contribution < -0.4 is 11.1 Å². The SMILES string of the molecule is NCCC(=O)NC1=Nc2ccc(C(=O)c3ccccc3)cc2C1. The number of rotatable bonds is 4. The molecule has 0 fully saturated rings. The fourth-order valence-corrected chi connectivity index (χ4v) is 2.53. The first-order chi connectivity index (χ1) is 11.2. The number of carbonyl (C=O) groups is 2. The second-order valence-corrected chi connectivity index (χ2v) is 5.36. The van der Waals surface area contributed by atoms with E-state index < -0.39 is 0 Å². The maximum atomic E-state index is 12.5. The lowest BCUT2D eigenvalue weighted by atomic mass is 10.00. The lowest BCUT2D eigenvalue weighted by molar-refractivity contribution is -0.119. The monoisotopic (exact) mass is 307 g/mol. The minimum absolute atomic E-state index is 0.0194. The highest BCUT2D eigenvalue weighted by atomic mass is 16.1. The van der Waals surface area contributed by atoms with Gasteiger partial charge in [-0.05, 0) is 23.8 Å². The normalized spacial score (nSPS) is 12.5. The van der Waals surface area contributed by atoms with E-state index in [1.165, 1.54) is 0 Å². The van der Waals surface area contributed by atoms with Gasteiger partial charge in [0, 0.05) is 30.5 Å². The number of amides is 1. The van der Waals surface area contributed by atoms with E-state index in [0.717, 1.165) is 11.3 Å². The summed E-state index contributed by atoms with van der Waals surface area (Å²) in [6.07, 6.45) is 0.786. The molecule has 0 spiro atoms. The third kappa shape index (κ3) is 3.35. The smallest absolute Gasteiger partial charge is 0.226 e. The summed E-state index contributed by atoms with van der Waals surface area (Å²) >= 11 is 0. The van der Waals surface area contributed by atoms with Gasteiger partial charge in [-0.25, -0.2) is 4.99 Å². The molecular weight excluding hydrogens is 290 g/mol. The number of nitrogens with zero attached hydrogens (tertiary/aromatic N) is 1. The summed E-state index contributed by atoms with van der Waals surface area (Å²) < 4.78 is 0. The van der Waals surface area contributed by atoms with E-state index in [1.54, 1.807) is 18.2 Å². The first kappa shape index (κ1) is 15.1. The molecule has 0 saturated carbocycles. The van der Waals surface area contributed by atoms with Gasteiger partial charge in [0.25, 0.3) is 0 Å². The summed E-state index contributed by atoms with van der Waals surface area (Å²) in [5.41, 5.74) is 8.37. The van der Waals surface area contributed by atoms with Crippen LogP contribution >= 0.6 is 0 Å². The molecule has 0 atom stereocenters. The van der Waals surface area contributed by atoms with Crippen molar-refractivity contribution in [2.45, 2.75) is 12.8 Å². The molecule has 1 aliphatic heterocycles. The van der Waals surface area contributed by atoms with Crippen LogP contribution in [0.15, 0.2) is 53.5 Å². The van der Waals surface area contributed by atoms with Gasteiger partial charge in [0.05, 0.1) is 5.69 Å². The highest BCUT2D eigenvalue weighted by Crippen LogP contribution is 2.27. The number of carbonyl (C=O) groups excluding carboxylic acids is 2. The molecule has 0 saturated heterocycles. The number of hydrogen-bond acceptors (Lipinski definition) is 4. The summed E-state index contributed by atoms with van der Waals surface area (Å²) in [6.45, 7) is 0.307. The number of aliphatic imine (C=N–C) groups is 1. The molecule has 0 aromatic heterocycles. The molecule has 2 aromatic carbocycles. The van der Waals surface area contributed by atoms with E-state index in [2.05, 4.69) is 10.3 Å². The average Bonchev–Trinajstić information content (AvgIpc) is 2.96. The van der Waals surface area contributed by atoms with Crippen molar-refractivity contribution in [1.82, 2.24) is 5.32 Å². The van der Waals surface area contributed by atoms with Crippen molar-refractivity contribution in [1.29, 1.82) is 0 Å². The van der Waals surface area contributed by atoms with Gasteiger partial charge < -0.3 is 11.1 Å². The fourth-order valence-electron chi connectivity index (χ4n) is 2.53. The van der Waals surface area contributed by atoms with E-state index in [0.29, 0.717) is 29.9 Å². The van der Waals surface area contributed by atoms with E-state index in [1.807, 2.05) is 30.3 Å². The Balaban J connectivity index is 1.76. The maximum Gasteiger partial charge on any atom is 0.226 e. The average molecular weight is 307 g/mol. The number of ketones is 1. The molecule has 1 amide bonds. The molecule has 0 bridgehead atoms. The van der Waals surface area contributed by atoms with Gasteiger partial charge in [-0.2, -0.15) is 0 Å². The zero-order valence-corrected chi connectivity index (χ0v) is 12.6. The van der Waals surface area contributed by atoms with Gasteiger partial charge in [-0.1, -0.05) is 30.3 Å². The summed E-state index contributed by atoms with van der Waals surface area (Å²) in [4.78, 5) is 28.4. The third-order valence-electron chi connectivity index (χ3n) is 3.65. The number of nitrogens with one attached hydrogen (secondary N) is 1. The number of fused-ring (bicyclic) bond motifs is 1. The molecule has 0 unspecified atom stereocenters. The second kappa shape index (κ2) is 6.54. The quantitative estimate of drug-likeness (QED) is 0.847. The predicted octanol–water partition coefficient (Wildman–Crippen LogP) is 1.97. The van der Waals surface area contributed by atoms with Crippen LogP contribution in [0.3, 0.4) is 0 Å². The Morgan fingerprint density at radius 1 is 1.09 bits per heavy atom. The molecular formula is C18H17N3O2. The van der Waals surface area contributed by atoms with E-state index in [9.17, 15) is 9.59 Å². The molecule has 5 heteroatoms. The molecule has 1 aliphatic rings. The van der Waals surface area contributed by atoms with Gasteiger partial charge >= 0.3 is 0 Å². The Hall–Kier alpha value is -2.79. The largest absolute Gasteiger partial charge is 0.330 e. The third-order valence-corrected chi connectivity index (χ3v) is 3.65. The van der Waals surface area contributed by atoms with Crippen LogP contribution in [0.25, 0.3) is 0 Å². The number of nitrogens with two attached hydrogens (primary N) is 1. The zero-order chi connectivity index (χ0) is 16.2. The Morgan fingerprint density at radius 3 is 2.61 bits per heavy atom. The highest BCUT2D eigenvalue weighted by molar-refractivity contribution is 6.10. The lowest BCUT2D eigenvalue weighted by Gasteiger charge is -2.04. The Kier molecular flexibility index (Phi) is 4.30. The van der Waals surface area contributed by atoms with Crippen molar-refractivity contribution in [2.75, 3.05) is 6.54 Å². The van der Waals surface area contributed by atoms with Crippen molar-refractivity contribution in [3.05, 3.63) is 65.2 Å². The van der Waals surface area contributed by atoms with E-state index >= 15 is 0 Å². The summed E-state index contributed by atoms with van der Waals surface area (Å²) in [5, 5.41) is 2.75. The number of hydrogen-bond donors (Lipinski definition) is 2. The summed E-state index contributed by atoms with van der Waals surface area (Å²) in [5.74, 6) is 0.441. The van der Waals surface area contributed by atoms with E-state index in [4.69, 9.17) is 5.73 Å². The first-order valence-corrected chi connectivity index (χ1v) is 7.47. The van der Waals surface area contributed by atoms with Crippen LogP contribution in [0, 0.1) is 0 Å². The molecule has 3 rings (SSSR count).